The van der Waals surface area contributed by atoms with E-state index in [0.29, 0.717) is 30.0 Å². The molecule has 4 rings (SSSR count). The van der Waals surface area contributed by atoms with Crippen LogP contribution in [0.5, 0.6) is 0 Å². The summed E-state index contributed by atoms with van der Waals surface area (Å²) in [5.41, 5.74) is 2.79. The zero-order chi connectivity index (χ0) is 24.0. The molecule has 176 valence electrons. The van der Waals surface area contributed by atoms with Crippen LogP contribution in [0.3, 0.4) is 0 Å². The smallest absolute Gasteiger partial charge is 0.373 e. The number of aromatic nitrogens is 2. The number of fused-ring (bicyclic) bond motifs is 1. The second kappa shape index (κ2) is 8.58. The van der Waals surface area contributed by atoms with E-state index in [9.17, 15) is 21.6 Å². The van der Waals surface area contributed by atoms with Gasteiger partial charge in [-0.3, -0.25) is 0 Å². The third-order valence-electron chi connectivity index (χ3n) is 5.35. The Morgan fingerprint density at radius 1 is 1.09 bits per heavy atom. The van der Waals surface area contributed by atoms with Gasteiger partial charge in [0, 0.05) is 23.6 Å². The largest absolute Gasteiger partial charge is 0.416 e. The van der Waals surface area contributed by atoms with Crippen molar-refractivity contribution in [3.8, 4) is 16.9 Å². The number of alkyl halides is 3. The molecule has 1 aliphatic rings. The van der Waals surface area contributed by atoms with Gasteiger partial charge in [0.1, 0.15) is 0 Å². The van der Waals surface area contributed by atoms with Crippen molar-refractivity contribution in [3.63, 3.8) is 0 Å². The van der Waals surface area contributed by atoms with Gasteiger partial charge in [-0.15, -0.1) is 0 Å². The minimum atomic E-state index is -4.41. The van der Waals surface area contributed by atoms with Crippen molar-refractivity contribution in [2.75, 3.05) is 0 Å². The van der Waals surface area contributed by atoms with Crippen LogP contribution in [0.15, 0.2) is 53.4 Å². The van der Waals surface area contributed by atoms with Crippen molar-refractivity contribution in [1.29, 1.82) is 0 Å². The van der Waals surface area contributed by atoms with Gasteiger partial charge >= 0.3 is 6.18 Å². The Kier molecular flexibility index (Phi) is 6.10. The first-order chi connectivity index (χ1) is 15.5. The molecule has 0 amide bonds. The maximum Gasteiger partial charge on any atom is 0.416 e. The van der Waals surface area contributed by atoms with Crippen molar-refractivity contribution < 1.29 is 26.3 Å². The zero-order valence-corrected chi connectivity index (χ0v) is 19.2. The Morgan fingerprint density at radius 3 is 2.30 bits per heavy atom. The van der Waals surface area contributed by atoms with Gasteiger partial charge in [0.05, 0.1) is 40.2 Å². The van der Waals surface area contributed by atoms with Gasteiger partial charge in [-0.05, 0) is 57.2 Å². The Bertz CT molecular complexity index is 1250. The summed E-state index contributed by atoms with van der Waals surface area (Å²) >= 11 is 0. The first-order valence-electron chi connectivity index (χ1n) is 10.5. The monoisotopic (exact) mass is 479 g/mol. The normalized spacial score (nSPS) is 16.8. The van der Waals surface area contributed by atoms with Crippen LogP contribution in [0.1, 0.15) is 37.6 Å². The lowest BCUT2D eigenvalue weighted by atomic mass is 10.0. The van der Waals surface area contributed by atoms with Gasteiger partial charge < -0.3 is 4.74 Å². The molecule has 0 spiro atoms. The number of hydrogen-bond acceptors (Lipinski definition) is 4. The number of halogens is 3. The van der Waals surface area contributed by atoms with Crippen LogP contribution < -0.4 is 4.72 Å². The Hall–Kier alpha value is -2.69. The van der Waals surface area contributed by atoms with Crippen LogP contribution in [0.2, 0.25) is 0 Å². The van der Waals surface area contributed by atoms with E-state index >= 15 is 0 Å². The Morgan fingerprint density at radius 2 is 1.73 bits per heavy atom. The lowest BCUT2D eigenvalue weighted by molar-refractivity contribution is -0.137. The predicted molar refractivity (Wildman–Crippen MR) is 117 cm³/mol. The summed E-state index contributed by atoms with van der Waals surface area (Å²) in [6, 6.07) is 11.0. The fourth-order valence-corrected chi connectivity index (χ4v) is 5.06. The van der Waals surface area contributed by atoms with Crippen LogP contribution in [-0.4, -0.2) is 30.3 Å². The van der Waals surface area contributed by atoms with Gasteiger partial charge in [-0.25, -0.2) is 17.8 Å². The number of sulfonamides is 1. The van der Waals surface area contributed by atoms with E-state index in [2.05, 4.69) is 9.82 Å². The molecule has 0 saturated carbocycles. The summed E-state index contributed by atoms with van der Waals surface area (Å²) in [7, 11) is -3.63. The molecule has 0 saturated heterocycles. The molecule has 6 nitrogen and oxygen atoms in total. The van der Waals surface area contributed by atoms with Crippen molar-refractivity contribution in [3.05, 3.63) is 65.4 Å². The Balaban J connectivity index is 1.75. The summed E-state index contributed by atoms with van der Waals surface area (Å²) in [5, 5.41) is 4.69. The van der Waals surface area contributed by atoms with Gasteiger partial charge in [-0.1, -0.05) is 12.1 Å². The molecular formula is C23H24F3N3O3S. The van der Waals surface area contributed by atoms with Crippen molar-refractivity contribution in [2.45, 2.75) is 57.0 Å². The molecule has 2 aromatic carbocycles. The van der Waals surface area contributed by atoms with E-state index in [1.54, 1.807) is 30.7 Å². The molecule has 0 bridgehead atoms. The number of rotatable bonds is 5. The molecule has 1 N–H and O–H groups in total. The van der Waals surface area contributed by atoms with E-state index < -0.39 is 21.8 Å². The molecule has 3 aromatic rings. The van der Waals surface area contributed by atoms with E-state index in [1.807, 2.05) is 6.92 Å². The number of ether oxygens (including phenoxy) is 1. The first kappa shape index (κ1) is 23.5. The van der Waals surface area contributed by atoms with Crippen LogP contribution in [0.25, 0.3) is 16.9 Å². The third kappa shape index (κ3) is 4.83. The lowest BCUT2D eigenvalue weighted by Gasteiger charge is -2.21. The SMILES string of the molecule is CC(C)NS(=O)(=O)c1ccc(-c2nn(-c3ccc(C(F)(F)F)cc3)c3c2CO[C@@H](C)C3)cc1. The number of benzene rings is 2. The average molecular weight is 480 g/mol. The van der Waals surface area contributed by atoms with Crippen molar-refractivity contribution >= 4 is 10.0 Å². The highest BCUT2D eigenvalue weighted by Crippen LogP contribution is 2.34. The predicted octanol–water partition coefficient (Wildman–Crippen LogP) is 4.71. The van der Waals surface area contributed by atoms with Crippen molar-refractivity contribution in [1.82, 2.24) is 14.5 Å². The van der Waals surface area contributed by atoms with Gasteiger partial charge in [0.15, 0.2) is 0 Å². The standard InChI is InChI=1S/C23H24F3N3O3S/c1-14(2)28-33(30,31)19-10-4-16(5-11-19)22-20-13-32-15(3)12-21(20)29(27-22)18-8-6-17(7-9-18)23(24,25)26/h4-11,14-15,28H,12-13H2,1-3H3/t15-/m0/s1. The van der Waals surface area contributed by atoms with Crippen LogP contribution in [0.4, 0.5) is 13.2 Å². The minimum Gasteiger partial charge on any atom is -0.373 e. The molecule has 1 aromatic heterocycles. The zero-order valence-electron chi connectivity index (χ0n) is 18.3. The second-order valence-corrected chi connectivity index (χ2v) is 10.1. The molecule has 33 heavy (non-hydrogen) atoms. The van der Waals surface area contributed by atoms with E-state index in [-0.39, 0.29) is 17.0 Å². The van der Waals surface area contributed by atoms with E-state index in [1.165, 1.54) is 24.3 Å². The van der Waals surface area contributed by atoms with Crippen LogP contribution in [0, 0.1) is 0 Å². The highest BCUT2D eigenvalue weighted by atomic mass is 32.2. The number of hydrogen-bond donors (Lipinski definition) is 1. The average Bonchev–Trinajstić information content (AvgIpc) is 3.11. The topological polar surface area (TPSA) is 73.2 Å². The summed E-state index contributed by atoms with van der Waals surface area (Å²) in [6.45, 7) is 5.72. The minimum absolute atomic E-state index is 0.0649. The van der Waals surface area contributed by atoms with Crippen molar-refractivity contribution in [2.24, 2.45) is 0 Å². The maximum absolute atomic E-state index is 13.0. The lowest BCUT2D eigenvalue weighted by Crippen LogP contribution is -2.30. The summed E-state index contributed by atoms with van der Waals surface area (Å²) in [6.07, 6.45) is -3.93. The molecule has 1 atom stereocenters. The fraction of sp³-hybridized carbons (Fsp3) is 0.348. The molecule has 0 aliphatic carbocycles. The van der Waals surface area contributed by atoms with Crippen LogP contribution >= 0.6 is 0 Å². The van der Waals surface area contributed by atoms with E-state index in [0.717, 1.165) is 23.4 Å². The molecule has 0 fully saturated rings. The highest BCUT2D eigenvalue weighted by molar-refractivity contribution is 7.89. The number of nitrogens with zero attached hydrogens (tertiary/aromatic N) is 2. The van der Waals surface area contributed by atoms with Gasteiger partial charge in [0.25, 0.3) is 0 Å². The summed E-state index contributed by atoms with van der Waals surface area (Å²) in [5.74, 6) is 0. The molecule has 0 unspecified atom stereocenters. The molecular weight excluding hydrogens is 455 g/mol. The molecule has 1 aliphatic heterocycles. The summed E-state index contributed by atoms with van der Waals surface area (Å²) in [4.78, 5) is 0.140. The van der Waals surface area contributed by atoms with Gasteiger partial charge in [-0.2, -0.15) is 18.3 Å². The first-order valence-corrected chi connectivity index (χ1v) is 12.0. The number of nitrogens with one attached hydrogen (secondary N) is 1. The Labute approximate surface area is 190 Å². The third-order valence-corrected chi connectivity index (χ3v) is 7.03. The quantitative estimate of drug-likeness (QED) is 0.576. The highest BCUT2D eigenvalue weighted by Gasteiger charge is 2.31. The molecule has 2 heterocycles. The van der Waals surface area contributed by atoms with Crippen LogP contribution in [-0.2, 0) is 34.0 Å². The maximum atomic E-state index is 13.0. The molecule has 10 heteroatoms. The second-order valence-electron chi connectivity index (χ2n) is 8.36. The van der Waals surface area contributed by atoms with E-state index in [4.69, 9.17) is 4.74 Å². The molecule has 0 radical (unpaired) electrons. The van der Waals surface area contributed by atoms with Gasteiger partial charge in [0.2, 0.25) is 10.0 Å². The summed E-state index contributed by atoms with van der Waals surface area (Å²) < 4.78 is 73.7. The fourth-order valence-electron chi connectivity index (χ4n) is 3.81.